The molecule has 3 saturated heterocycles. The van der Waals surface area contributed by atoms with Crippen LogP contribution in [0.2, 0.25) is 0 Å². The van der Waals surface area contributed by atoms with Crippen LogP contribution in [-0.2, 0) is 9.53 Å². The summed E-state index contributed by atoms with van der Waals surface area (Å²) in [6.45, 7) is 4.15. The third-order valence-corrected chi connectivity index (χ3v) is 6.87. The Morgan fingerprint density at radius 1 is 1.13 bits per heavy atom. The number of carbonyl (C=O) groups is 2. The molecule has 1 spiro atoms. The molecule has 1 unspecified atom stereocenters. The Hall–Kier alpha value is -1.34. The molecule has 1 atom stereocenters. The van der Waals surface area contributed by atoms with Crippen LogP contribution in [0.5, 0.6) is 0 Å². The predicted molar refractivity (Wildman–Crippen MR) is 126 cm³/mol. The highest BCUT2D eigenvalue weighted by atomic mass is 35.5. The molecule has 1 amide bonds. The van der Waals surface area contributed by atoms with E-state index < -0.39 is 5.41 Å². The number of likely N-dealkylation sites (tertiary alicyclic amines) is 1. The van der Waals surface area contributed by atoms with Crippen molar-refractivity contribution in [1.82, 2.24) is 15.1 Å². The zero-order chi connectivity index (χ0) is 20.4. The molecular formula is C23H35Cl2N3O3. The van der Waals surface area contributed by atoms with Gasteiger partial charge in [-0.3, -0.25) is 9.59 Å². The van der Waals surface area contributed by atoms with E-state index in [1.54, 1.807) is 0 Å². The van der Waals surface area contributed by atoms with E-state index in [4.69, 9.17) is 4.74 Å². The maximum absolute atomic E-state index is 13.0. The summed E-state index contributed by atoms with van der Waals surface area (Å²) in [5, 5.41) is 3.40. The van der Waals surface area contributed by atoms with Gasteiger partial charge in [0.1, 0.15) is 6.10 Å². The summed E-state index contributed by atoms with van der Waals surface area (Å²) in [6, 6.07) is 8.19. The highest BCUT2D eigenvalue weighted by Crippen LogP contribution is 2.43. The average molecular weight is 472 g/mol. The number of esters is 1. The van der Waals surface area contributed by atoms with Gasteiger partial charge < -0.3 is 19.9 Å². The minimum absolute atomic E-state index is 0. The third-order valence-electron chi connectivity index (χ3n) is 6.87. The number of likely N-dealkylation sites (N-methyl/N-ethyl adjacent to an activating group) is 1. The third kappa shape index (κ3) is 5.72. The molecule has 31 heavy (non-hydrogen) atoms. The Morgan fingerprint density at radius 2 is 1.74 bits per heavy atom. The summed E-state index contributed by atoms with van der Waals surface area (Å²) in [7, 11) is 3.99. The maximum atomic E-state index is 13.0. The van der Waals surface area contributed by atoms with E-state index in [2.05, 4.69) is 22.3 Å². The van der Waals surface area contributed by atoms with Crippen LogP contribution in [0, 0.1) is 5.41 Å². The topological polar surface area (TPSA) is 61.9 Å². The summed E-state index contributed by atoms with van der Waals surface area (Å²) in [6.07, 6.45) is 4.47. The van der Waals surface area contributed by atoms with E-state index in [-0.39, 0.29) is 42.8 Å². The Kier molecular flexibility index (Phi) is 9.19. The van der Waals surface area contributed by atoms with Gasteiger partial charge in [-0.2, -0.15) is 0 Å². The molecule has 3 fully saturated rings. The van der Waals surface area contributed by atoms with Crippen molar-refractivity contribution in [2.45, 2.75) is 44.1 Å². The van der Waals surface area contributed by atoms with E-state index in [0.29, 0.717) is 31.8 Å². The fourth-order valence-electron chi connectivity index (χ4n) is 5.13. The molecule has 0 saturated carbocycles. The molecule has 8 heteroatoms. The summed E-state index contributed by atoms with van der Waals surface area (Å²) in [5.74, 6) is 0.606. The van der Waals surface area contributed by atoms with Crippen molar-refractivity contribution in [3.8, 4) is 0 Å². The first-order valence-electron chi connectivity index (χ1n) is 10.9. The molecule has 1 N–H and O–H groups in total. The normalized spacial score (nSPS) is 23.3. The minimum atomic E-state index is -0.393. The zero-order valence-electron chi connectivity index (χ0n) is 18.5. The van der Waals surface area contributed by atoms with Gasteiger partial charge in [0.05, 0.1) is 5.41 Å². The number of nitrogens with one attached hydrogen (secondary N) is 1. The lowest BCUT2D eigenvalue weighted by Gasteiger charge is -2.36. The van der Waals surface area contributed by atoms with Gasteiger partial charge in [-0.25, -0.2) is 0 Å². The van der Waals surface area contributed by atoms with Crippen LogP contribution in [0.25, 0.3) is 0 Å². The average Bonchev–Trinajstić information content (AvgIpc) is 3.02. The van der Waals surface area contributed by atoms with Crippen LogP contribution < -0.4 is 5.32 Å². The van der Waals surface area contributed by atoms with Crippen LogP contribution >= 0.6 is 24.8 Å². The largest absolute Gasteiger partial charge is 0.461 e. The number of amides is 1. The summed E-state index contributed by atoms with van der Waals surface area (Å²) in [5.41, 5.74) is 1.69. The van der Waals surface area contributed by atoms with Gasteiger partial charge in [0, 0.05) is 31.6 Å². The second kappa shape index (κ2) is 11.0. The van der Waals surface area contributed by atoms with E-state index >= 15 is 0 Å². The van der Waals surface area contributed by atoms with Gasteiger partial charge in [0.25, 0.3) is 5.91 Å². The highest BCUT2D eigenvalue weighted by Gasteiger charge is 2.50. The van der Waals surface area contributed by atoms with E-state index in [0.717, 1.165) is 44.5 Å². The van der Waals surface area contributed by atoms with Crippen molar-refractivity contribution in [2.75, 3.05) is 46.8 Å². The molecule has 0 bridgehead atoms. The Bertz CT molecular complexity index is 743. The fraction of sp³-hybridized carbons (Fsp3) is 0.652. The molecule has 1 aromatic carbocycles. The number of hydrogen-bond donors (Lipinski definition) is 1. The first-order valence-corrected chi connectivity index (χ1v) is 10.9. The quantitative estimate of drug-likeness (QED) is 0.683. The molecule has 4 rings (SSSR count). The lowest BCUT2D eigenvalue weighted by atomic mass is 9.76. The highest BCUT2D eigenvalue weighted by molar-refractivity contribution is 5.94. The number of carbonyl (C=O) groups excluding carboxylic acids is 2. The van der Waals surface area contributed by atoms with Crippen LogP contribution in [0.3, 0.4) is 0 Å². The van der Waals surface area contributed by atoms with Gasteiger partial charge >= 0.3 is 5.97 Å². The van der Waals surface area contributed by atoms with Gasteiger partial charge in [0.2, 0.25) is 0 Å². The van der Waals surface area contributed by atoms with Gasteiger partial charge in [-0.15, -0.1) is 24.8 Å². The number of hydrogen-bond acceptors (Lipinski definition) is 5. The molecule has 3 aliphatic rings. The molecule has 6 nitrogen and oxygen atoms in total. The minimum Gasteiger partial charge on any atom is -0.461 e. The molecule has 3 aliphatic heterocycles. The van der Waals surface area contributed by atoms with Crippen LogP contribution in [0.4, 0.5) is 0 Å². The number of rotatable bonds is 4. The first-order chi connectivity index (χ1) is 14.0. The number of cyclic esters (lactones) is 1. The van der Waals surface area contributed by atoms with Crippen molar-refractivity contribution in [2.24, 2.45) is 5.41 Å². The molecule has 3 heterocycles. The zero-order valence-corrected chi connectivity index (χ0v) is 20.1. The Morgan fingerprint density at radius 3 is 2.32 bits per heavy atom. The SMILES string of the molecule is CN(C)CC1CC2(CCN(C(=O)c3ccc(C4CCNCC4)cc3)CC2)C(=O)O1.Cl.Cl. The summed E-state index contributed by atoms with van der Waals surface area (Å²) >= 11 is 0. The van der Waals surface area contributed by atoms with Crippen LogP contribution in [0.15, 0.2) is 24.3 Å². The molecule has 174 valence electrons. The predicted octanol–water partition coefficient (Wildman–Crippen LogP) is 3.10. The van der Waals surface area contributed by atoms with Crippen molar-refractivity contribution < 1.29 is 14.3 Å². The van der Waals surface area contributed by atoms with Crippen LogP contribution in [-0.4, -0.2) is 74.6 Å². The molecule has 0 aromatic heterocycles. The smallest absolute Gasteiger partial charge is 0.312 e. The lowest BCUT2D eigenvalue weighted by Crippen LogP contribution is -2.45. The number of piperidine rings is 2. The molecule has 0 aliphatic carbocycles. The van der Waals surface area contributed by atoms with Crippen molar-refractivity contribution >= 4 is 36.7 Å². The summed E-state index contributed by atoms with van der Waals surface area (Å²) < 4.78 is 5.63. The first kappa shape index (κ1) is 25.9. The number of ether oxygens (including phenoxy) is 1. The number of halogens is 2. The van der Waals surface area contributed by atoms with Gasteiger partial charge in [-0.05, 0) is 76.5 Å². The molecule has 1 aromatic rings. The fourth-order valence-corrected chi connectivity index (χ4v) is 5.13. The summed E-state index contributed by atoms with van der Waals surface area (Å²) in [4.78, 5) is 29.5. The van der Waals surface area contributed by atoms with Crippen LogP contribution in [0.1, 0.15) is 53.9 Å². The van der Waals surface area contributed by atoms with Crippen molar-refractivity contribution in [3.05, 3.63) is 35.4 Å². The lowest BCUT2D eigenvalue weighted by molar-refractivity contribution is -0.150. The van der Waals surface area contributed by atoms with Crippen molar-refractivity contribution in [3.63, 3.8) is 0 Å². The number of nitrogens with zero attached hydrogens (tertiary/aromatic N) is 2. The molecular weight excluding hydrogens is 437 g/mol. The van der Waals surface area contributed by atoms with E-state index in [9.17, 15) is 9.59 Å². The standard InChI is InChI=1S/C23H33N3O3.2ClH/c1-25(2)16-20-15-23(22(28)29-20)9-13-26(14-10-23)21(27)19-5-3-17(4-6-19)18-7-11-24-12-8-18;;/h3-6,18,20,24H,7-16H2,1-2H3;2*1H. The van der Waals surface area contributed by atoms with Gasteiger partial charge in [0.15, 0.2) is 0 Å². The second-order valence-electron chi connectivity index (χ2n) is 9.21. The molecule has 0 radical (unpaired) electrons. The number of benzene rings is 1. The second-order valence-corrected chi connectivity index (χ2v) is 9.21. The Balaban J connectivity index is 0.00000171. The Labute approximate surface area is 197 Å². The van der Waals surface area contributed by atoms with Crippen molar-refractivity contribution in [1.29, 1.82) is 0 Å². The van der Waals surface area contributed by atoms with E-state index in [1.165, 1.54) is 5.56 Å². The maximum Gasteiger partial charge on any atom is 0.312 e. The monoisotopic (exact) mass is 471 g/mol. The van der Waals surface area contributed by atoms with E-state index in [1.807, 2.05) is 31.1 Å². The van der Waals surface area contributed by atoms with Gasteiger partial charge in [-0.1, -0.05) is 12.1 Å².